The van der Waals surface area contributed by atoms with E-state index in [4.69, 9.17) is 9.47 Å². The molecule has 0 amide bonds. The van der Waals surface area contributed by atoms with Crippen LogP contribution in [0.15, 0.2) is 22.4 Å². The highest BCUT2D eigenvalue weighted by Gasteiger charge is 2.26. The molecule has 0 aliphatic heterocycles. The van der Waals surface area contributed by atoms with Gasteiger partial charge in [-0.3, -0.25) is 9.59 Å². The average Bonchev–Trinajstić information content (AvgIpc) is 2.35. The van der Waals surface area contributed by atoms with Crippen molar-refractivity contribution in [2.24, 2.45) is 5.92 Å². The molecule has 0 bridgehead atoms. The van der Waals surface area contributed by atoms with E-state index in [1.807, 2.05) is 6.92 Å². The van der Waals surface area contributed by atoms with Gasteiger partial charge in [-0.25, -0.2) is 0 Å². The normalized spacial score (nSPS) is 18.9. The molecular weight excluding hydrogens is 324 g/mol. The van der Waals surface area contributed by atoms with Gasteiger partial charge in [0.05, 0.1) is 6.61 Å². The molecule has 0 spiro atoms. The maximum Gasteiger partial charge on any atom is 0.306 e. The van der Waals surface area contributed by atoms with Crippen molar-refractivity contribution in [1.82, 2.24) is 0 Å². The Hall–Kier alpha value is -1.10. The van der Waals surface area contributed by atoms with Gasteiger partial charge in [-0.2, -0.15) is 0 Å². The largest absolute Gasteiger partial charge is 0.492 e. The Morgan fingerprint density at radius 1 is 1.45 bits per heavy atom. The lowest BCUT2D eigenvalue weighted by molar-refractivity contribution is -0.143. The lowest BCUT2D eigenvalue weighted by Crippen LogP contribution is -2.20. The Kier molecular flexibility index (Phi) is 6.99. The summed E-state index contributed by atoms with van der Waals surface area (Å²) >= 11 is 3.23. The summed E-state index contributed by atoms with van der Waals surface area (Å²) in [4.78, 5) is 23.5. The van der Waals surface area contributed by atoms with Gasteiger partial charge in [0.2, 0.25) is 0 Å². The van der Waals surface area contributed by atoms with Crippen LogP contribution in [0, 0.1) is 5.92 Å². The van der Waals surface area contributed by atoms with E-state index in [0.717, 1.165) is 10.9 Å². The quantitative estimate of drug-likeness (QED) is 0.663. The number of rotatable bonds is 7. The zero-order chi connectivity index (χ0) is 15.1. The van der Waals surface area contributed by atoms with Gasteiger partial charge in [0.25, 0.3) is 0 Å². The molecule has 0 radical (unpaired) electrons. The van der Waals surface area contributed by atoms with Crippen molar-refractivity contribution in [3.05, 3.63) is 22.4 Å². The highest BCUT2D eigenvalue weighted by atomic mass is 79.9. The number of esters is 1. The third kappa shape index (κ3) is 5.49. The molecular formula is C15H21BrO4. The SMILES string of the molecule is C=C(Br)COC1=C(CCC(=O)OCC)C(=O)CC(C)C1. The number of ketones is 1. The third-order valence-corrected chi connectivity index (χ3v) is 3.26. The van der Waals surface area contributed by atoms with Crippen molar-refractivity contribution < 1.29 is 19.1 Å². The topological polar surface area (TPSA) is 52.6 Å². The molecule has 5 heteroatoms. The fourth-order valence-corrected chi connectivity index (χ4v) is 2.27. The molecule has 1 aliphatic carbocycles. The van der Waals surface area contributed by atoms with Crippen molar-refractivity contribution in [3.8, 4) is 0 Å². The standard InChI is InChI=1S/C15H21BrO4/c1-4-19-15(18)6-5-12-13(17)7-10(2)8-14(12)20-9-11(3)16/h10H,3-9H2,1-2H3. The van der Waals surface area contributed by atoms with Gasteiger partial charge in [-0.15, -0.1) is 0 Å². The summed E-state index contributed by atoms with van der Waals surface area (Å²) in [7, 11) is 0. The first-order chi connectivity index (χ1) is 9.43. The first kappa shape index (κ1) is 17.0. The van der Waals surface area contributed by atoms with E-state index in [2.05, 4.69) is 22.5 Å². The minimum absolute atomic E-state index is 0.0724. The van der Waals surface area contributed by atoms with Crippen LogP contribution in [-0.4, -0.2) is 25.0 Å². The zero-order valence-corrected chi connectivity index (χ0v) is 13.6. The molecule has 0 aromatic rings. The molecule has 0 N–H and O–H groups in total. The minimum Gasteiger partial charge on any atom is -0.492 e. The van der Waals surface area contributed by atoms with Crippen LogP contribution in [0.3, 0.4) is 0 Å². The Labute approximate surface area is 128 Å². The van der Waals surface area contributed by atoms with Crippen LogP contribution >= 0.6 is 15.9 Å². The summed E-state index contributed by atoms with van der Waals surface area (Å²) in [5.74, 6) is 0.755. The summed E-state index contributed by atoms with van der Waals surface area (Å²) in [5, 5.41) is 0. The van der Waals surface area contributed by atoms with Crippen molar-refractivity contribution in [1.29, 1.82) is 0 Å². The molecule has 112 valence electrons. The Morgan fingerprint density at radius 3 is 2.75 bits per heavy atom. The van der Waals surface area contributed by atoms with E-state index in [1.165, 1.54) is 0 Å². The number of hydrogen-bond donors (Lipinski definition) is 0. The van der Waals surface area contributed by atoms with Crippen LogP contribution in [-0.2, 0) is 19.1 Å². The number of carbonyl (C=O) groups is 2. The molecule has 1 atom stereocenters. The Balaban J connectivity index is 2.75. The number of halogens is 1. The van der Waals surface area contributed by atoms with Gasteiger partial charge in [0, 0.05) is 29.3 Å². The maximum atomic E-state index is 12.1. The molecule has 20 heavy (non-hydrogen) atoms. The molecule has 0 heterocycles. The predicted molar refractivity (Wildman–Crippen MR) is 80.3 cm³/mol. The summed E-state index contributed by atoms with van der Waals surface area (Å²) in [6.07, 6.45) is 1.84. The fraction of sp³-hybridized carbons (Fsp3) is 0.600. The lowest BCUT2D eigenvalue weighted by Gasteiger charge is -2.24. The first-order valence-corrected chi connectivity index (χ1v) is 7.60. The van der Waals surface area contributed by atoms with Gasteiger partial charge in [0.15, 0.2) is 5.78 Å². The first-order valence-electron chi connectivity index (χ1n) is 6.81. The van der Waals surface area contributed by atoms with E-state index in [0.29, 0.717) is 37.4 Å². The highest BCUT2D eigenvalue weighted by molar-refractivity contribution is 9.11. The second kappa shape index (κ2) is 8.25. The van der Waals surface area contributed by atoms with E-state index < -0.39 is 0 Å². The van der Waals surface area contributed by atoms with Crippen LogP contribution < -0.4 is 0 Å². The molecule has 0 saturated carbocycles. The molecule has 1 aliphatic rings. The Morgan fingerprint density at radius 2 is 2.15 bits per heavy atom. The molecule has 0 aromatic carbocycles. The minimum atomic E-state index is -0.282. The van der Waals surface area contributed by atoms with E-state index in [1.54, 1.807) is 6.92 Å². The molecule has 0 saturated heterocycles. The second-order valence-electron chi connectivity index (χ2n) is 4.95. The average molecular weight is 345 g/mol. The van der Waals surface area contributed by atoms with Gasteiger partial charge in [-0.05, 0) is 19.3 Å². The van der Waals surface area contributed by atoms with E-state index >= 15 is 0 Å². The predicted octanol–water partition coefficient (Wildman–Crippen LogP) is 3.51. The van der Waals surface area contributed by atoms with E-state index in [-0.39, 0.29) is 24.1 Å². The monoisotopic (exact) mass is 344 g/mol. The zero-order valence-electron chi connectivity index (χ0n) is 12.0. The number of hydrogen-bond acceptors (Lipinski definition) is 4. The van der Waals surface area contributed by atoms with Gasteiger partial charge in [-0.1, -0.05) is 29.4 Å². The van der Waals surface area contributed by atoms with Gasteiger partial charge >= 0.3 is 5.97 Å². The van der Waals surface area contributed by atoms with Crippen LogP contribution in [0.2, 0.25) is 0 Å². The second-order valence-corrected chi connectivity index (χ2v) is 6.07. The van der Waals surface area contributed by atoms with Crippen LogP contribution in [0.4, 0.5) is 0 Å². The van der Waals surface area contributed by atoms with Crippen LogP contribution in [0.1, 0.15) is 39.5 Å². The molecule has 1 rings (SSSR count). The summed E-state index contributed by atoms with van der Waals surface area (Å²) in [5.41, 5.74) is 0.630. The maximum absolute atomic E-state index is 12.1. The molecule has 0 aromatic heterocycles. The number of carbonyl (C=O) groups excluding carboxylic acids is 2. The van der Waals surface area contributed by atoms with Crippen LogP contribution in [0.25, 0.3) is 0 Å². The van der Waals surface area contributed by atoms with Crippen molar-refractivity contribution in [2.75, 3.05) is 13.2 Å². The highest BCUT2D eigenvalue weighted by Crippen LogP contribution is 2.30. The number of ether oxygens (including phenoxy) is 2. The van der Waals surface area contributed by atoms with Gasteiger partial charge < -0.3 is 9.47 Å². The third-order valence-electron chi connectivity index (χ3n) is 3.03. The van der Waals surface area contributed by atoms with Gasteiger partial charge in [0.1, 0.15) is 12.4 Å². The number of Topliss-reactive ketones (excluding diaryl/α,β-unsaturated/α-hetero) is 1. The van der Waals surface area contributed by atoms with Crippen LogP contribution in [0.5, 0.6) is 0 Å². The fourth-order valence-electron chi connectivity index (χ4n) is 2.16. The summed E-state index contributed by atoms with van der Waals surface area (Å²) in [6.45, 7) is 8.18. The smallest absolute Gasteiger partial charge is 0.306 e. The van der Waals surface area contributed by atoms with E-state index in [9.17, 15) is 9.59 Å². The molecule has 4 nitrogen and oxygen atoms in total. The van der Waals surface area contributed by atoms with Crippen molar-refractivity contribution >= 4 is 27.7 Å². The molecule has 0 fully saturated rings. The molecule has 1 unspecified atom stereocenters. The van der Waals surface area contributed by atoms with Crippen molar-refractivity contribution in [2.45, 2.75) is 39.5 Å². The summed E-state index contributed by atoms with van der Waals surface area (Å²) in [6, 6.07) is 0. The van der Waals surface area contributed by atoms with Crippen molar-refractivity contribution in [3.63, 3.8) is 0 Å². The summed E-state index contributed by atoms with van der Waals surface area (Å²) < 4.78 is 11.3. The Bertz CT molecular complexity index is 426. The number of allylic oxidation sites excluding steroid dienone is 2. The lowest BCUT2D eigenvalue weighted by atomic mass is 9.86.